The van der Waals surface area contributed by atoms with Crippen LogP contribution in [0.1, 0.15) is 11.1 Å². The lowest BCUT2D eigenvalue weighted by Gasteiger charge is -2.12. The molecular weight excluding hydrogens is 330 g/mol. The van der Waals surface area contributed by atoms with E-state index < -0.39 is 0 Å². The Balaban J connectivity index is 1.77. The van der Waals surface area contributed by atoms with Crippen molar-refractivity contribution in [3.63, 3.8) is 0 Å². The van der Waals surface area contributed by atoms with Crippen molar-refractivity contribution in [2.24, 2.45) is 0 Å². The zero-order valence-corrected chi connectivity index (χ0v) is 15.0. The highest BCUT2D eigenvalue weighted by Gasteiger charge is 2.05. The molecule has 136 valence electrons. The van der Waals surface area contributed by atoms with Gasteiger partial charge in [0.05, 0.1) is 0 Å². The minimum Gasteiger partial charge on any atom is -0.484 e. The summed E-state index contributed by atoms with van der Waals surface area (Å²) in [4.78, 5) is 28.9. The van der Waals surface area contributed by atoms with Gasteiger partial charge in [-0.15, -0.1) is 0 Å². The SMILES string of the molecule is CN(C)C(=O)COc1cccc(CCNC(=O)/C=C/c2cccnc2)c1. The number of ether oxygens (including phenoxy) is 1. The molecular formula is C20H23N3O3. The largest absolute Gasteiger partial charge is 0.484 e. The average Bonchev–Trinajstić information content (AvgIpc) is 2.65. The highest BCUT2D eigenvalue weighted by Crippen LogP contribution is 2.13. The Labute approximate surface area is 153 Å². The number of nitrogens with zero attached hydrogens (tertiary/aromatic N) is 2. The van der Waals surface area contributed by atoms with Crippen LogP contribution in [-0.2, 0) is 16.0 Å². The molecule has 0 spiro atoms. The smallest absolute Gasteiger partial charge is 0.259 e. The fraction of sp³-hybridized carbons (Fsp3) is 0.250. The molecule has 1 heterocycles. The number of hydrogen-bond acceptors (Lipinski definition) is 4. The summed E-state index contributed by atoms with van der Waals surface area (Å²) in [6.45, 7) is 0.516. The summed E-state index contributed by atoms with van der Waals surface area (Å²) in [7, 11) is 3.38. The van der Waals surface area contributed by atoms with Crippen LogP contribution in [0, 0.1) is 0 Å². The topological polar surface area (TPSA) is 71.5 Å². The summed E-state index contributed by atoms with van der Waals surface area (Å²) in [6.07, 6.45) is 7.26. The van der Waals surface area contributed by atoms with Gasteiger partial charge in [-0.25, -0.2) is 0 Å². The highest BCUT2D eigenvalue weighted by atomic mass is 16.5. The number of hydrogen-bond donors (Lipinski definition) is 1. The van der Waals surface area contributed by atoms with Crippen LogP contribution in [-0.4, -0.2) is 48.9 Å². The van der Waals surface area contributed by atoms with Gasteiger partial charge in [0.2, 0.25) is 5.91 Å². The zero-order valence-electron chi connectivity index (χ0n) is 15.0. The van der Waals surface area contributed by atoms with Crippen molar-refractivity contribution in [1.29, 1.82) is 0 Å². The van der Waals surface area contributed by atoms with E-state index in [1.54, 1.807) is 32.6 Å². The number of pyridine rings is 1. The first kappa shape index (κ1) is 19.2. The number of carbonyl (C=O) groups excluding carboxylic acids is 2. The van der Waals surface area contributed by atoms with E-state index in [0.29, 0.717) is 18.7 Å². The van der Waals surface area contributed by atoms with E-state index >= 15 is 0 Å². The molecule has 0 aliphatic rings. The summed E-state index contributed by atoms with van der Waals surface area (Å²) in [5.41, 5.74) is 1.90. The van der Waals surface area contributed by atoms with Gasteiger partial charge in [-0.1, -0.05) is 18.2 Å². The van der Waals surface area contributed by atoms with Crippen molar-refractivity contribution < 1.29 is 14.3 Å². The number of likely N-dealkylation sites (N-methyl/N-ethyl adjacent to an activating group) is 1. The summed E-state index contributed by atoms with van der Waals surface area (Å²) >= 11 is 0. The second-order valence-corrected chi connectivity index (χ2v) is 5.88. The van der Waals surface area contributed by atoms with Crippen LogP contribution in [0.4, 0.5) is 0 Å². The summed E-state index contributed by atoms with van der Waals surface area (Å²) < 4.78 is 5.49. The molecule has 1 aromatic carbocycles. The standard InChI is InChI=1S/C20H23N3O3/c1-23(2)20(25)15-26-18-7-3-5-16(13-18)10-12-22-19(24)9-8-17-6-4-11-21-14-17/h3-9,11,13-14H,10,12,15H2,1-2H3,(H,22,24)/b9-8+. The molecule has 2 aromatic rings. The molecule has 0 unspecified atom stereocenters. The van der Waals surface area contributed by atoms with Gasteiger partial charge < -0.3 is 15.0 Å². The van der Waals surface area contributed by atoms with Crippen molar-refractivity contribution in [1.82, 2.24) is 15.2 Å². The van der Waals surface area contributed by atoms with E-state index in [9.17, 15) is 9.59 Å². The van der Waals surface area contributed by atoms with Gasteiger partial charge in [-0.2, -0.15) is 0 Å². The van der Waals surface area contributed by atoms with Gasteiger partial charge in [0.1, 0.15) is 5.75 Å². The normalized spacial score (nSPS) is 10.5. The Kier molecular flexibility index (Phi) is 7.36. The quantitative estimate of drug-likeness (QED) is 0.736. The molecule has 0 radical (unpaired) electrons. The minimum absolute atomic E-state index is 0.00628. The summed E-state index contributed by atoms with van der Waals surface area (Å²) in [5, 5.41) is 2.84. The fourth-order valence-corrected chi connectivity index (χ4v) is 2.10. The predicted octanol–water partition coefficient (Wildman–Crippen LogP) is 1.92. The monoisotopic (exact) mass is 353 g/mol. The molecule has 6 nitrogen and oxygen atoms in total. The van der Waals surface area contributed by atoms with Crippen molar-refractivity contribution in [2.75, 3.05) is 27.2 Å². The van der Waals surface area contributed by atoms with E-state index in [2.05, 4.69) is 10.3 Å². The maximum Gasteiger partial charge on any atom is 0.259 e. The third-order valence-corrected chi connectivity index (χ3v) is 3.58. The first-order valence-corrected chi connectivity index (χ1v) is 8.32. The van der Waals surface area contributed by atoms with Crippen LogP contribution in [0.2, 0.25) is 0 Å². The van der Waals surface area contributed by atoms with Gasteiger partial charge in [-0.05, 0) is 41.8 Å². The van der Waals surface area contributed by atoms with Crippen molar-refractivity contribution in [2.45, 2.75) is 6.42 Å². The fourth-order valence-electron chi connectivity index (χ4n) is 2.10. The van der Waals surface area contributed by atoms with E-state index in [0.717, 1.165) is 11.1 Å². The molecule has 0 saturated carbocycles. The van der Waals surface area contributed by atoms with Crippen LogP contribution in [0.5, 0.6) is 5.75 Å². The molecule has 2 rings (SSSR count). The lowest BCUT2D eigenvalue weighted by Crippen LogP contribution is -2.27. The predicted molar refractivity (Wildman–Crippen MR) is 101 cm³/mol. The van der Waals surface area contributed by atoms with Gasteiger partial charge in [0, 0.05) is 39.1 Å². The Morgan fingerprint density at radius 1 is 1.23 bits per heavy atom. The molecule has 1 N–H and O–H groups in total. The molecule has 1 aromatic heterocycles. The van der Waals surface area contributed by atoms with E-state index in [4.69, 9.17) is 4.74 Å². The molecule has 0 aliphatic heterocycles. The highest BCUT2D eigenvalue weighted by molar-refractivity contribution is 5.91. The molecule has 0 fully saturated rings. The van der Waals surface area contributed by atoms with Crippen LogP contribution in [0.15, 0.2) is 54.9 Å². The number of nitrogens with one attached hydrogen (secondary N) is 1. The first-order valence-electron chi connectivity index (χ1n) is 8.32. The lowest BCUT2D eigenvalue weighted by atomic mass is 10.1. The number of aromatic nitrogens is 1. The number of rotatable bonds is 8. The molecule has 0 aliphatic carbocycles. The first-order chi connectivity index (χ1) is 12.5. The van der Waals surface area contributed by atoms with Gasteiger partial charge in [0.15, 0.2) is 6.61 Å². The second kappa shape index (κ2) is 9.98. The van der Waals surface area contributed by atoms with E-state index in [1.807, 2.05) is 36.4 Å². The van der Waals surface area contributed by atoms with Crippen molar-refractivity contribution in [3.8, 4) is 5.75 Å². The van der Waals surface area contributed by atoms with Crippen LogP contribution in [0.25, 0.3) is 6.08 Å². The lowest BCUT2D eigenvalue weighted by molar-refractivity contribution is -0.130. The van der Waals surface area contributed by atoms with Crippen LogP contribution >= 0.6 is 0 Å². The maximum absolute atomic E-state index is 11.8. The summed E-state index contributed by atoms with van der Waals surface area (Å²) in [5.74, 6) is 0.390. The van der Waals surface area contributed by atoms with Gasteiger partial charge in [-0.3, -0.25) is 14.6 Å². The number of amides is 2. The maximum atomic E-state index is 11.8. The second-order valence-electron chi connectivity index (χ2n) is 5.88. The zero-order chi connectivity index (χ0) is 18.8. The van der Waals surface area contributed by atoms with Crippen molar-refractivity contribution >= 4 is 17.9 Å². The molecule has 0 bridgehead atoms. The number of carbonyl (C=O) groups is 2. The molecule has 26 heavy (non-hydrogen) atoms. The third-order valence-electron chi connectivity index (χ3n) is 3.58. The van der Waals surface area contributed by atoms with E-state index in [1.165, 1.54) is 11.0 Å². The van der Waals surface area contributed by atoms with Crippen LogP contribution in [0.3, 0.4) is 0 Å². The Morgan fingerprint density at radius 2 is 2.08 bits per heavy atom. The minimum atomic E-state index is -0.155. The molecule has 2 amide bonds. The molecule has 0 atom stereocenters. The average molecular weight is 353 g/mol. The third kappa shape index (κ3) is 6.76. The van der Waals surface area contributed by atoms with Gasteiger partial charge in [0.25, 0.3) is 5.91 Å². The molecule has 0 saturated heterocycles. The van der Waals surface area contributed by atoms with Crippen LogP contribution < -0.4 is 10.1 Å². The van der Waals surface area contributed by atoms with Crippen molar-refractivity contribution in [3.05, 3.63) is 66.0 Å². The Hall–Kier alpha value is -3.15. The summed E-state index contributed by atoms with van der Waals surface area (Å²) in [6, 6.07) is 11.2. The van der Waals surface area contributed by atoms with Gasteiger partial charge >= 0.3 is 0 Å². The Bertz CT molecular complexity index is 758. The Morgan fingerprint density at radius 3 is 2.81 bits per heavy atom. The van der Waals surface area contributed by atoms with E-state index in [-0.39, 0.29) is 18.4 Å². The number of benzene rings is 1. The molecule has 6 heteroatoms.